The lowest BCUT2D eigenvalue weighted by Crippen LogP contribution is -2.33. The van der Waals surface area contributed by atoms with Crippen LogP contribution in [-0.4, -0.2) is 41.8 Å². The lowest BCUT2D eigenvalue weighted by molar-refractivity contribution is -0.196. The summed E-state index contributed by atoms with van der Waals surface area (Å²) >= 11 is 0. The molecular formula is C25H42F2O5. The van der Waals surface area contributed by atoms with E-state index in [1.807, 2.05) is 6.92 Å². The van der Waals surface area contributed by atoms with Gasteiger partial charge in [0.15, 0.2) is 6.29 Å². The summed E-state index contributed by atoms with van der Waals surface area (Å²) in [5, 5.41) is 8.74. The highest BCUT2D eigenvalue weighted by atomic mass is 19.3. The van der Waals surface area contributed by atoms with Gasteiger partial charge in [-0.2, -0.15) is 8.78 Å². The van der Waals surface area contributed by atoms with Gasteiger partial charge in [0.2, 0.25) is 5.78 Å². The molecular weight excluding hydrogens is 418 g/mol. The van der Waals surface area contributed by atoms with E-state index < -0.39 is 17.7 Å². The molecule has 0 aromatic rings. The summed E-state index contributed by atoms with van der Waals surface area (Å²) in [5.41, 5.74) is 0. The van der Waals surface area contributed by atoms with Crippen LogP contribution in [0.25, 0.3) is 0 Å². The van der Waals surface area contributed by atoms with E-state index >= 15 is 0 Å². The number of ether oxygens (including phenoxy) is 2. The standard InChI is InChI=1S/C25H42F2O5/c1-2-3-17-25(26,27)22(28)16-14-20-19(10-6-4-5-7-11-23(29)30)13-15-21(20)32-24-12-8-9-18-31-24/h19-21,24H,2-18H2,1H3,(H,29,30)/t19-,20+,21+,24?/m0/s1. The van der Waals surface area contributed by atoms with Crippen molar-refractivity contribution < 1.29 is 33.0 Å². The minimum Gasteiger partial charge on any atom is -0.481 e. The quantitative estimate of drug-likeness (QED) is 0.265. The summed E-state index contributed by atoms with van der Waals surface area (Å²) in [6.07, 6.45) is 10.3. The van der Waals surface area contributed by atoms with Gasteiger partial charge in [0.05, 0.1) is 6.10 Å². The van der Waals surface area contributed by atoms with Crippen molar-refractivity contribution in [1.82, 2.24) is 0 Å². The highest BCUT2D eigenvalue weighted by Gasteiger charge is 2.41. The molecule has 0 aromatic heterocycles. The molecule has 0 spiro atoms. The van der Waals surface area contributed by atoms with Crippen LogP contribution in [0.1, 0.15) is 110 Å². The first-order valence-electron chi connectivity index (χ1n) is 12.7. The van der Waals surface area contributed by atoms with Crippen molar-refractivity contribution in [1.29, 1.82) is 0 Å². The predicted octanol–water partition coefficient (Wildman–Crippen LogP) is 6.52. The number of alkyl halides is 2. The number of ketones is 1. The normalized spacial score (nSPS) is 26.3. The van der Waals surface area contributed by atoms with Crippen LogP contribution in [0.3, 0.4) is 0 Å². The average Bonchev–Trinajstić information content (AvgIpc) is 3.14. The van der Waals surface area contributed by atoms with Crippen LogP contribution in [0, 0.1) is 11.8 Å². The van der Waals surface area contributed by atoms with Crippen LogP contribution in [0.2, 0.25) is 0 Å². The summed E-state index contributed by atoms with van der Waals surface area (Å²) in [6.45, 7) is 2.55. The molecule has 0 bridgehead atoms. The van der Waals surface area contributed by atoms with Crippen molar-refractivity contribution in [2.24, 2.45) is 11.8 Å². The maximum atomic E-state index is 14.2. The van der Waals surface area contributed by atoms with Gasteiger partial charge in [0.25, 0.3) is 0 Å². The van der Waals surface area contributed by atoms with Gasteiger partial charge in [-0.15, -0.1) is 0 Å². The zero-order valence-electron chi connectivity index (χ0n) is 19.7. The van der Waals surface area contributed by atoms with E-state index in [-0.39, 0.29) is 37.6 Å². The monoisotopic (exact) mass is 460 g/mol. The van der Waals surface area contributed by atoms with Crippen LogP contribution in [-0.2, 0) is 19.1 Å². The second kappa shape index (κ2) is 14.2. The number of carboxylic acid groups (broad SMARTS) is 1. The van der Waals surface area contributed by atoms with Gasteiger partial charge < -0.3 is 14.6 Å². The average molecular weight is 461 g/mol. The number of Topliss-reactive ketones (excluding diaryl/α,β-unsaturated/α-hetero) is 1. The molecule has 2 rings (SSSR count). The Hall–Kier alpha value is -1.08. The third-order valence-electron chi connectivity index (χ3n) is 7.04. The van der Waals surface area contributed by atoms with E-state index in [9.17, 15) is 18.4 Å². The molecule has 1 N–H and O–H groups in total. The van der Waals surface area contributed by atoms with Crippen molar-refractivity contribution in [2.75, 3.05) is 6.61 Å². The molecule has 0 aromatic carbocycles. The maximum Gasteiger partial charge on any atom is 0.305 e. The van der Waals surface area contributed by atoms with E-state index in [0.29, 0.717) is 38.2 Å². The zero-order chi connectivity index (χ0) is 23.4. The third-order valence-corrected chi connectivity index (χ3v) is 7.04. The number of carboxylic acids is 1. The second-order valence-corrected chi connectivity index (χ2v) is 9.59. The fourth-order valence-corrected chi connectivity index (χ4v) is 5.13. The first-order valence-corrected chi connectivity index (χ1v) is 12.7. The van der Waals surface area contributed by atoms with Gasteiger partial charge in [0.1, 0.15) is 0 Å². The smallest absolute Gasteiger partial charge is 0.305 e. The van der Waals surface area contributed by atoms with Gasteiger partial charge in [-0.25, -0.2) is 0 Å². The van der Waals surface area contributed by atoms with E-state index in [2.05, 4.69) is 0 Å². The first kappa shape index (κ1) is 27.2. The lowest BCUT2D eigenvalue weighted by Gasteiger charge is -2.31. The van der Waals surface area contributed by atoms with E-state index in [0.717, 1.165) is 57.8 Å². The number of hydrogen-bond donors (Lipinski definition) is 1. The summed E-state index contributed by atoms with van der Waals surface area (Å²) in [4.78, 5) is 22.9. The number of unbranched alkanes of at least 4 members (excludes halogenated alkanes) is 4. The first-order chi connectivity index (χ1) is 15.3. The molecule has 2 aliphatic rings. The molecule has 1 unspecified atom stereocenters. The van der Waals surface area contributed by atoms with Crippen LogP contribution < -0.4 is 0 Å². The summed E-state index contributed by atoms with van der Waals surface area (Å²) in [5.74, 6) is -4.45. The van der Waals surface area contributed by atoms with Crippen molar-refractivity contribution >= 4 is 11.8 Å². The highest BCUT2D eigenvalue weighted by Crippen LogP contribution is 2.42. The molecule has 4 atom stereocenters. The minimum absolute atomic E-state index is 0.0350. The number of hydrogen-bond acceptors (Lipinski definition) is 4. The largest absolute Gasteiger partial charge is 0.481 e. The Kier molecular flexibility index (Phi) is 12.1. The van der Waals surface area contributed by atoms with Crippen LogP contribution in [0.4, 0.5) is 8.78 Å². The Bertz CT molecular complexity index is 563. The fraction of sp³-hybridized carbons (Fsp3) is 0.920. The Morgan fingerprint density at radius 2 is 1.78 bits per heavy atom. The second-order valence-electron chi connectivity index (χ2n) is 9.59. The van der Waals surface area contributed by atoms with Gasteiger partial charge in [-0.05, 0) is 63.2 Å². The summed E-state index contributed by atoms with van der Waals surface area (Å²) in [6, 6.07) is 0. The lowest BCUT2D eigenvalue weighted by atomic mass is 9.85. The van der Waals surface area contributed by atoms with Gasteiger partial charge in [-0.1, -0.05) is 39.0 Å². The van der Waals surface area contributed by atoms with Crippen LogP contribution in [0.15, 0.2) is 0 Å². The van der Waals surface area contributed by atoms with E-state index in [1.54, 1.807) is 0 Å². The molecule has 0 radical (unpaired) electrons. The molecule has 5 nitrogen and oxygen atoms in total. The molecule has 1 saturated heterocycles. The van der Waals surface area contributed by atoms with Crippen molar-refractivity contribution in [3.63, 3.8) is 0 Å². The Morgan fingerprint density at radius 3 is 2.47 bits per heavy atom. The molecule has 32 heavy (non-hydrogen) atoms. The minimum atomic E-state index is -3.23. The molecule has 0 amide bonds. The molecule has 1 aliphatic heterocycles. The van der Waals surface area contributed by atoms with Gasteiger partial charge in [0, 0.05) is 25.9 Å². The Labute approximate surface area is 191 Å². The summed E-state index contributed by atoms with van der Waals surface area (Å²) < 4.78 is 40.4. The molecule has 1 heterocycles. The summed E-state index contributed by atoms with van der Waals surface area (Å²) in [7, 11) is 0. The van der Waals surface area contributed by atoms with Crippen molar-refractivity contribution in [3.05, 3.63) is 0 Å². The fourth-order valence-electron chi connectivity index (χ4n) is 5.13. The highest BCUT2D eigenvalue weighted by molar-refractivity contribution is 5.85. The molecule has 2 fully saturated rings. The maximum absolute atomic E-state index is 14.2. The van der Waals surface area contributed by atoms with Crippen LogP contribution >= 0.6 is 0 Å². The molecule has 7 heteroatoms. The van der Waals surface area contributed by atoms with Crippen molar-refractivity contribution in [3.8, 4) is 0 Å². The number of aliphatic carboxylic acids is 1. The topological polar surface area (TPSA) is 72.8 Å². The third kappa shape index (κ3) is 9.42. The zero-order valence-corrected chi connectivity index (χ0v) is 19.7. The Morgan fingerprint density at radius 1 is 1.00 bits per heavy atom. The number of halogens is 2. The molecule has 1 saturated carbocycles. The molecule has 186 valence electrons. The van der Waals surface area contributed by atoms with Crippen LogP contribution in [0.5, 0.6) is 0 Å². The van der Waals surface area contributed by atoms with Crippen molar-refractivity contribution in [2.45, 2.75) is 128 Å². The number of carbonyl (C=O) groups is 2. The number of carbonyl (C=O) groups excluding carboxylic acids is 1. The van der Waals surface area contributed by atoms with E-state index in [4.69, 9.17) is 14.6 Å². The van der Waals surface area contributed by atoms with Gasteiger partial charge in [-0.3, -0.25) is 9.59 Å². The Balaban J connectivity index is 1.87. The molecule has 1 aliphatic carbocycles. The predicted molar refractivity (Wildman–Crippen MR) is 119 cm³/mol. The van der Waals surface area contributed by atoms with E-state index in [1.165, 1.54) is 0 Å². The van der Waals surface area contributed by atoms with Gasteiger partial charge >= 0.3 is 11.9 Å². The SMILES string of the molecule is CCCCC(F)(F)C(=O)CC[C@@H]1[C@@H](CCCCCCC(=O)O)CC[C@H]1OC1CCCCO1. The number of rotatable bonds is 16.